The lowest BCUT2D eigenvalue weighted by Crippen LogP contribution is -2.45. The average molecular weight is 569 g/mol. The van der Waals surface area contributed by atoms with Gasteiger partial charge < -0.3 is 10.2 Å². The van der Waals surface area contributed by atoms with E-state index in [4.69, 9.17) is 0 Å². The summed E-state index contributed by atoms with van der Waals surface area (Å²) >= 11 is 3.47. The topological polar surface area (TPSA) is 52.7 Å². The Morgan fingerprint density at radius 2 is 1.39 bits per heavy atom. The summed E-state index contributed by atoms with van der Waals surface area (Å²) in [6, 6.07) is 27.5. The lowest BCUT2D eigenvalue weighted by atomic mass is 9.82. The zero-order chi connectivity index (χ0) is 24.3. The third kappa shape index (κ3) is 5.22. The second-order valence-corrected chi connectivity index (χ2v) is 10.3. The smallest absolute Gasteiger partial charge is 0.315 e. The second-order valence-electron chi connectivity index (χ2n) is 9.39. The number of halogens is 2. The van der Waals surface area contributed by atoms with E-state index in [0.717, 1.165) is 54.5 Å². The third-order valence-corrected chi connectivity index (χ3v) is 7.83. The van der Waals surface area contributed by atoms with Gasteiger partial charge in [-0.25, -0.2) is 4.79 Å². The van der Waals surface area contributed by atoms with Gasteiger partial charge in [0.05, 0.1) is 0 Å². The molecule has 0 spiro atoms. The molecule has 1 unspecified atom stereocenters. The van der Waals surface area contributed by atoms with Gasteiger partial charge in [-0.1, -0.05) is 88.7 Å². The number of carbonyl (C=O) groups is 2. The van der Waals surface area contributed by atoms with Gasteiger partial charge >= 0.3 is 6.03 Å². The number of benzene rings is 3. The van der Waals surface area contributed by atoms with Crippen LogP contribution in [-0.4, -0.2) is 47.9 Å². The van der Waals surface area contributed by atoms with E-state index in [1.165, 1.54) is 10.5 Å². The minimum Gasteiger partial charge on any atom is -0.315 e. The Morgan fingerprint density at radius 1 is 0.806 bits per heavy atom. The molecule has 2 saturated heterocycles. The normalized spacial score (nSPS) is 20.8. The number of nitrogens with zero attached hydrogens (tertiary/aromatic N) is 2. The quantitative estimate of drug-likeness (QED) is 0.359. The Kier molecular flexibility index (Phi) is 8.50. The summed E-state index contributed by atoms with van der Waals surface area (Å²) in [5, 5.41) is 3.04. The Bertz CT molecular complexity index is 1170. The fourth-order valence-electron chi connectivity index (χ4n) is 5.39. The molecular weight excluding hydrogens is 538 g/mol. The molecule has 0 bridgehead atoms. The van der Waals surface area contributed by atoms with Crippen molar-refractivity contribution in [3.8, 4) is 0 Å². The SMILES string of the molecule is Cl.O=C1NC(c2ccccc2)(c2ccc(Br)cc2)C(=O)N1CCCN1CCC(c2ccccc2)CC1. The summed E-state index contributed by atoms with van der Waals surface area (Å²) in [7, 11) is 0. The monoisotopic (exact) mass is 567 g/mol. The third-order valence-electron chi connectivity index (χ3n) is 7.30. The Hall–Kier alpha value is -2.67. The van der Waals surface area contributed by atoms with Crippen LogP contribution in [0.4, 0.5) is 4.79 Å². The van der Waals surface area contributed by atoms with Crippen molar-refractivity contribution in [2.75, 3.05) is 26.2 Å². The summed E-state index contributed by atoms with van der Waals surface area (Å²) in [4.78, 5) is 30.7. The summed E-state index contributed by atoms with van der Waals surface area (Å²) < 4.78 is 0.925. The van der Waals surface area contributed by atoms with Crippen molar-refractivity contribution < 1.29 is 9.59 Å². The van der Waals surface area contributed by atoms with Crippen LogP contribution in [0.3, 0.4) is 0 Å². The molecule has 3 amide bonds. The zero-order valence-electron chi connectivity index (χ0n) is 20.1. The number of urea groups is 1. The van der Waals surface area contributed by atoms with Crippen LogP contribution in [0.5, 0.6) is 0 Å². The van der Waals surface area contributed by atoms with Gasteiger partial charge in [-0.3, -0.25) is 9.69 Å². The first-order valence-corrected chi connectivity index (χ1v) is 13.1. The van der Waals surface area contributed by atoms with Crippen LogP contribution in [0.1, 0.15) is 41.9 Å². The van der Waals surface area contributed by atoms with Crippen LogP contribution >= 0.6 is 28.3 Å². The molecule has 1 N–H and O–H groups in total. The molecule has 0 saturated carbocycles. The van der Waals surface area contributed by atoms with Gasteiger partial charge in [0, 0.05) is 11.0 Å². The van der Waals surface area contributed by atoms with E-state index in [1.807, 2.05) is 54.6 Å². The van der Waals surface area contributed by atoms with E-state index >= 15 is 0 Å². The van der Waals surface area contributed by atoms with E-state index in [2.05, 4.69) is 56.5 Å². The molecule has 2 aliphatic rings. The summed E-state index contributed by atoms with van der Waals surface area (Å²) in [5.41, 5.74) is 1.76. The molecular formula is C29H31BrClN3O2. The molecule has 5 rings (SSSR count). The number of imide groups is 1. The average Bonchev–Trinajstić information content (AvgIpc) is 3.16. The summed E-state index contributed by atoms with van der Waals surface area (Å²) in [6.07, 6.45) is 3.06. The van der Waals surface area contributed by atoms with Crippen molar-refractivity contribution in [3.63, 3.8) is 0 Å². The highest BCUT2D eigenvalue weighted by Crippen LogP contribution is 2.36. The van der Waals surface area contributed by atoms with Crippen LogP contribution in [0.25, 0.3) is 0 Å². The first-order valence-electron chi connectivity index (χ1n) is 12.3. The summed E-state index contributed by atoms with van der Waals surface area (Å²) in [5.74, 6) is 0.412. The Labute approximate surface area is 227 Å². The molecule has 2 heterocycles. The number of carbonyl (C=O) groups excluding carboxylic acids is 2. The van der Waals surface area contributed by atoms with Crippen molar-refractivity contribution >= 4 is 40.3 Å². The predicted molar refractivity (Wildman–Crippen MR) is 148 cm³/mol. The molecule has 1 atom stereocenters. The van der Waals surface area contributed by atoms with Gasteiger partial charge in [0.1, 0.15) is 0 Å². The maximum atomic E-state index is 13.8. The maximum absolute atomic E-state index is 13.8. The molecule has 2 aliphatic heterocycles. The molecule has 188 valence electrons. The molecule has 3 aromatic rings. The Balaban J connectivity index is 0.00000304. The van der Waals surface area contributed by atoms with E-state index in [-0.39, 0.29) is 24.3 Å². The van der Waals surface area contributed by atoms with Crippen LogP contribution in [0, 0.1) is 0 Å². The van der Waals surface area contributed by atoms with Gasteiger partial charge in [0.2, 0.25) is 0 Å². The van der Waals surface area contributed by atoms with Crippen LogP contribution in [0.2, 0.25) is 0 Å². The standard InChI is InChI=1S/C29H30BrN3O2.ClH/c30-26-14-12-25(13-15-26)29(24-10-5-2-6-11-24)27(34)33(28(35)31-29)19-7-18-32-20-16-23(17-21-32)22-8-3-1-4-9-22;/h1-6,8-15,23H,7,16-21H2,(H,31,35);1H. The number of nitrogens with one attached hydrogen (secondary N) is 1. The van der Waals surface area contributed by atoms with Crippen molar-refractivity contribution in [2.24, 2.45) is 0 Å². The fourth-order valence-corrected chi connectivity index (χ4v) is 5.66. The largest absolute Gasteiger partial charge is 0.325 e. The van der Waals surface area contributed by atoms with Gasteiger partial charge in [0.25, 0.3) is 5.91 Å². The van der Waals surface area contributed by atoms with E-state index in [9.17, 15) is 9.59 Å². The van der Waals surface area contributed by atoms with Crippen LogP contribution in [0.15, 0.2) is 89.4 Å². The first kappa shape index (κ1) is 26.4. The number of piperidine rings is 1. The van der Waals surface area contributed by atoms with E-state index in [1.54, 1.807) is 0 Å². The van der Waals surface area contributed by atoms with Crippen molar-refractivity contribution in [2.45, 2.75) is 30.7 Å². The molecule has 0 aromatic heterocycles. The summed E-state index contributed by atoms with van der Waals surface area (Å²) in [6.45, 7) is 3.39. The molecule has 2 fully saturated rings. The molecule has 0 radical (unpaired) electrons. The highest BCUT2D eigenvalue weighted by Gasteiger charge is 2.53. The van der Waals surface area contributed by atoms with Crippen molar-refractivity contribution in [3.05, 3.63) is 106 Å². The van der Waals surface area contributed by atoms with Crippen molar-refractivity contribution in [1.82, 2.24) is 15.1 Å². The lowest BCUT2D eigenvalue weighted by molar-refractivity contribution is -0.130. The molecule has 36 heavy (non-hydrogen) atoms. The van der Waals surface area contributed by atoms with Crippen LogP contribution < -0.4 is 5.32 Å². The van der Waals surface area contributed by atoms with Gasteiger partial charge in [-0.15, -0.1) is 12.4 Å². The number of rotatable bonds is 7. The number of amides is 3. The van der Waals surface area contributed by atoms with Crippen LogP contribution in [-0.2, 0) is 10.3 Å². The highest BCUT2D eigenvalue weighted by atomic mass is 79.9. The molecule has 3 aromatic carbocycles. The zero-order valence-corrected chi connectivity index (χ0v) is 22.5. The fraction of sp³-hybridized carbons (Fsp3) is 0.310. The van der Waals surface area contributed by atoms with Gasteiger partial charge in [-0.2, -0.15) is 0 Å². The lowest BCUT2D eigenvalue weighted by Gasteiger charge is -2.32. The van der Waals surface area contributed by atoms with Crippen molar-refractivity contribution in [1.29, 1.82) is 0 Å². The maximum Gasteiger partial charge on any atom is 0.325 e. The number of hydrogen-bond donors (Lipinski definition) is 1. The van der Waals surface area contributed by atoms with E-state index < -0.39 is 5.54 Å². The number of hydrogen-bond acceptors (Lipinski definition) is 3. The predicted octanol–water partition coefficient (Wildman–Crippen LogP) is 5.94. The van der Waals surface area contributed by atoms with Gasteiger partial charge in [-0.05, 0) is 73.6 Å². The molecule has 5 nitrogen and oxygen atoms in total. The molecule has 7 heteroatoms. The minimum atomic E-state index is -1.20. The number of likely N-dealkylation sites (tertiary alicyclic amines) is 1. The minimum absolute atomic E-state index is 0. The second kappa shape index (κ2) is 11.6. The van der Waals surface area contributed by atoms with E-state index in [0.29, 0.717) is 12.5 Å². The first-order chi connectivity index (χ1) is 17.1. The van der Waals surface area contributed by atoms with Gasteiger partial charge in [0.15, 0.2) is 5.54 Å². The molecule has 0 aliphatic carbocycles. The highest BCUT2D eigenvalue weighted by molar-refractivity contribution is 9.10. The Morgan fingerprint density at radius 3 is 2.03 bits per heavy atom.